The van der Waals surface area contributed by atoms with Crippen molar-refractivity contribution in [2.75, 3.05) is 20.3 Å². The molecule has 0 saturated carbocycles. The van der Waals surface area contributed by atoms with Crippen LogP contribution >= 0.6 is 0 Å². The van der Waals surface area contributed by atoms with Crippen LogP contribution in [0.5, 0.6) is 5.75 Å². The van der Waals surface area contributed by atoms with Crippen LogP contribution < -0.4 is 15.4 Å². The van der Waals surface area contributed by atoms with E-state index in [2.05, 4.69) is 10.6 Å². The first-order chi connectivity index (χ1) is 13.5. The summed E-state index contributed by atoms with van der Waals surface area (Å²) in [4.78, 5) is 36.1. The SMILES string of the molecule is CCOC(=O)C1=C(COC(=O)/C=C/c2ccc(OC)cc2)NC(=O)N[C@@H]1CC. The quantitative estimate of drug-likeness (QED) is 0.523. The van der Waals surface area contributed by atoms with E-state index in [0.29, 0.717) is 12.2 Å². The molecule has 0 spiro atoms. The minimum Gasteiger partial charge on any atom is -0.497 e. The van der Waals surface area contributed by atoms with Crippen LogP contribution in [0.1, 0.15) is 25.8 Å². The van der Waals surface area contributed by atoms with Crippen LogP contribution in [0.3, 0.4) is 0 Å². The summed E-state index contributed by atoms with van der Waals surface area (Å²) in [6.45, 7) is 3.48. The Kier molecular flexibility index (Phi) is 7.62. The Labute approximate surface area is 163 Å². The van der Waals surface area contributed by atoms with Gasteiger partial charge in [-0.25, -0.2) is 14.4 Å². The summed E-state index contributed by atoms with van der Waals surface area (Å²) in [5.74, 6) is -0.445. The van der Waals surface area contributed by atoms with E-state index in [4.69, 9.17) is 14.2 Å². The van der Waals surface area contributed by atoms with E-state index in [1.165, 1.54) is 6.08 Å². The Hall–Kier alpha value is -3.29. The number of urea groups is 1. The molecule has 0 radical (unpaired) electrons. The minimum absolute atomic E-state index is 0.199. The van der Waals surface area contributed by atoms with E-state index in [1.807, 2.05) is 6.92 Å². The van der Waals surface area contributed by atoms with Crippen LogP contribution in [-0.2, 0) is 19.1 Å². The van der Waals surface area contributed by atoms with E-state index >= 15 is 0 Å². The van der Waals surface area contributed by atoms with Gasteiger partial charge >= 0.3 is 18.0 Å². The molecule has 2 amide bonds. The molecule has 0 saturated heterocycles. The third-order valence-electron chi connectivity index (χ3n) is 4.03. The summed E-state index contributed by atoms with van der Waals surface area (Å²) in [5.41, 5.74) is 1.28. The monoisotopic (exact) mass is 388 g/mol. The molecule has 150 valence electrons. The fourth-order valence-electron chi connectivity index (χ4n) is 2.65. The smallest absolute Gasteiger partial charge is 0.338 e. The molecule has 8 heteroatoms. The van der Waals surface area contributed by atoms with E-state index in [0.717, 1.165) is 5.56 Å². The van der Waals surface area contributed by atoms with Gasteiger partial charge in [-0.2, -0.15) is 0 Å². The number of hydrogen-bond donors (Lipinski definition) is 2. The molecule has 8 nitrogen and oxygen atoms in total. The largest absolute Gasteiger partial charge is 0.497 e. The van der Waals surface area contributed by atoms with Gasteiger partial charge in [0, 0.05) is 6.08 Å². The molecule has 0 fully saturated rings. The first-order valence-electron chi connectivity index (χ1n) is 8.95. The molecule has 28 heavy (non-hydrogen) atoms. The van der Waals surface area contributed by atoms with Crippen molar-refractivity contribution in [3.05, 3.63) is 47.2 Å². The van der Waals surface area contributed by atoms with Crippen LogP contribution in [-0.4, -0.2) is 44.3 Å². The average molecular weight is 388 g/mol. The number of hydrogen-bond acceptors (Lipinski definition) is 6. The van der Waals surface area contributed by atoms with Crippen molar-refractivity contribution in [3.63, 3.8) is 0 Å². The molecule has 1 aromatic rings. The summed E-state index contributed by atoms with van der Waals surface area (Å²) in [5, 5.41) is 5.18. The molecule has 0 bridgehead atoms. The Morgan fingerprint density at radius 2 is 1.86 bits per heavy atom. The van der Waals surface area contributed by atoms with Crippen LogP contribution in [0.15, 0.2) is 41.6 Å². The van der Waals surface area contributed by atoms with Crippen molar-refractivity contribution >= 4 is 24.0 Å². The molecule has 1 aliphatic heterocycles. The lowest BCUT2D eigenvalue weighted by Crippen LogP contribution is -2.51. The zero-order chi connectivity index (χ0) is 20.5. The predicted molar refractivity (Wildman–Crippen MR) is 102 cm³/mol. The molecule has 1 atom stereocenters. The van der Waals surface area contributed by atoms with Crippen molar-refractivity contribution in [2.24, 2.45) is 0 Å². The summed E-state index contributed by atoms with van der Waals surface area (Å²) in [6.07, 6.45) is 3.36. The fraction of sp³-hybridized carbons (Fsp3) is 0.350. The normalized spacial score (nSPS) is 16.4. The Morgan fingerprint density at radius 3 is 2.46 bits per heavy atom. The van der Waals surface area contributed by atoms with E-state index in [1.54, 1.807) is 44.4 Å². The lowest BCUT2D eigenvalue weighted by Gasteiger charge is -2.28. The van der Waals surface area contributed by atoms with Gasteiger partial charge in [0.15, 0.2) is 0 Å². The van der Waals surface area contributed by atoms with Gasteiger partial charge in [-0.1, -0.05) is 19.1 Å². The van der Waals surface area contributed by atoms with Crippen molar-refractivity contribution < 1.29 is 28.6 Å². The van der Waals surface area contributed by atoms with E-state index < -0.39 is 24.0 Å². The van der Waals surface area contributed by atoms with Gasteiger partial charge in [0.2, 0.25) is 0 Å². The van der Waals surface area contributed by atoms with Gasteiger partial charge in [-0.05, 0) is 37.1 Å². The molecule has 2 N–H and O–H groups in total. The number of benzene rings is 1. The van der Waals surface area contributed by atoms with Gasteiger partial charge in [-0.15, -0.1) is 0 Å². The third kappa shape index (κ3) is 5.60. The second kappa shape index (κ2) is 10.1. The maximum atomic E-state index is 12.3. The predicted octanol–water partition coefficient (Wildman–Crippen LogP) is 2.16. The van der Waals surface area contributed by atoms with Gasteiger partial charge in [0.05, 0.1) is 31.0 Å². The van der Waals surface area contributed by atoms with Crippen LogP contribution in [0.2, 0.25) is 0 Å². The lowest BCUT2D eigenvalue weighted by molar-refractivity contribution is -0.140. The van der Waals surface area contributed by atoms with E-state index in [9.17, 15) is 14.4 Å². The summed E-state index contributed by atoms with van der Waals surface area (Å²) < 4.78 is 15.3. The highest BCUT2D eigenvalue weighted by Gasteiger charge is 2.31. The number of methoxy groups -OCH3 is 1. The highest BCUT2D eigenvalue weighted by molar-refractivity contribution is 5.95. The third-order valence-corrected chi connectivity index (χ3v) is 4.03. The number of esters is 2. The van der Waals surface area contributed by atoms with Crippen LogP contribution in [0.25, 0.3) is 6.08 Å². The maximum Gasteiger partial charge on any atom is 0.338 e. The van der Waals surface area contributed by atoms with Crippen LogP contribution in [0, 0.1) is 0 Å². The van der Waals surface area contributed by atoms with Crippen molar-refractivity contribution in [3.8, 4) is 5.75 Å². The molecule has 0 aliphatic carbocycles. The number of carbonyl (C=O) groups is 3. The molecular weight excluding hydrogens is 364 g/mol. The maximum absolute atomic E-state index is 12.3. The van der Waals surface area contributed by atoms with Crippen molar-refractivity contribution in [1.82, 2.24) is 10.6 Å². The first-order valence-corrected chi connectivity index (χ1v) is 8.95. The van der Waals surface area contributed by atoms with Gasteiger partial charge < -0.3 is 24.8 Å². The summed E-state index contributed by atoms with van der Waals surface area (Å²) in [6, 6.07) is 6.18. The van der Waals surface area contributed by atoms with Crippen molar-refractivity contribution in [2.45, 2.75) is 26.3 Å². The first kappa shape index (κ1) is 21.0. The summed E-state index contributed by atoms with van der Waals surface area (Å²) in [7, 11) is 1.57. The van der Waals surface area contributed by atoms with Gasteiger partial charge in [-0.3, -0.25) is 0 Å². The molecule has 1 aliphatic rings. The second-order valence-electron chi connectivity index (χ2n) is 5.89. The molecule has 0 unspecified atom stereocenters. The van der Waals surface area contributed by atoms with Crippen LogP contribution in [0.4, 0.5) is 4.79 Å². The number of amides is 2. The average Bonchev–Trinajstić information content (AvgIpc) is 2.70. The molecular formula is C20H24N2O6. The Morgan fingerprint density at radius 1 is 1.14 bits per heavy atom. The van der Waals surface area contributed by atoms with Gasteiger partial charge in [0.25, 0.3) is 0 Å². The lowest BCUT2D eigenvalue weighted by atomic mass is 10.0. The number of nitrogens with one attached hydrogen (secondary N) is 2. The fourth-order valence-corrected chi connectivity index (χ4v) is 2.65. The van der Waals surface area contributed by atoms with E-state index in [-0.39, 0.29) is 24.5 Å². The molecule has 0 aromatic heterocycles. The molecule has 2 rings (SSSR count). The minimum atomic E-state index is -0.604. The zero-order valence-corrected chi connectivity index (χ0v) is 16.1. The molecule has 1 aromatic carbocycles. The standard InChI is InChI=1S/C20H24N2O6/c1-4-15-18(19(24)27-5-2)16(22-20(25)21-15)12-28-17(23)11-8-13-6-9-14(26-3)10-7-13/h6-11,15H,4-5,12H2,1-3H3,(H2,21,22,25)/b11-8+/t15-/m1/s1. The number of carbonyl (C=O) groups excluding carboxylic acids is 3. The van der Waals surface area contributed by atoms with Crippen molar-refractivity contribution in [1.29, 1.82) is 0 Å². The number of rotatable bonds is 8. The Balaban J connectivity index is 2.07. The zero-order valence-electron chi connectivity index (χ0n) is 16.1. The molecule has 1 heterocycles. The second-order valence-corrected chi connectivity index (χ2v) is 5.89. The summed E-state index contributed by atoms with van der Waals surface area (Å²) >= 11 is 0. The highest BCUT2D eigenvalue weighted by atomic mass is 16.5. The highest BCUT2D eigenvalue weighted by Crippen LogP contribution is 2.17. The number of ether oxygens (including phenoxy) is 3. The topological polar surface area (TPSA) is 103 Å². The Bertz CT molecular complexity index is 782. The van der Waals surface area contributed by atoms with Gasteiger partial charge in [0.1, 0.15) is 12.4 Å².